The number of aryl methyl sites for hydroxylation is 1. The van der Waals surface area contributed by atoms with Crippen LogP contribution in [0.1, 0.15) is 28.4 Å². The van der Waals surface area contributed by atoms with Crippen molar-refractivity contribution in [2.45, 2.75) is 26.5 Å². The minimum Gasteiger partial charge on any atom is -0.497 e. The number of amides is 1. The van der Waals surface area contributed by atoms with Crippen LogP contribution in [-0.2, 0) is 16.1 Å². The van der Waals surface area contributed by atoms with Crippen molar-refractivity contribution in [1.82, 2.24) is 5.32 Å². The molecule has 1 N–H and O–H groups in total. The smallest absolute Gasteiger partial charge is 0.338 e. The summed E-state index contributed by atoms with van der Waals surface area (Å²) < 4.78 is 10.2. The van der Waals surface area contributed by atoms with Gasteiger partial charge in [0.1, 0.15) is 5.75 Å². The van der Waals surface area contributed by atoms with Gasteiger partial charge >= 0.3 is 5.97 Å². The van der Waals surface area contributed by atoms with E-state index in [4.69, 9.17) is 9.47 Å². The van der Waals surface area contributed by atoms with Crippen LogP contribution in [0.25, 0.3) is 0 Å². The maximum Gasteiger partial charge on any atom is 0.338 e. The lowest BCUT2D eigenvalue weighted by molar-refractivity contribution is -0.385. The summed E-state index contributed by atoms with van der Waals surface area (Å²) in [7, 11) is 1.57. The molecule has 0 bridgehead atoms. The second-order valence-electron chi connectivity index (χ2n) is 5.87. The summed E-state index contributed by atoms with van der Waals surface area (Å²) in [4.78, 5) is 34.6. The summed E-state index contributed by atoms with van der Waals surface area (Å²) in [5.74, 6) is -0.455. The first-order valence-electron chi connectivity index (χ1n) is 8.18. The van der Waals surface area contributed by atoms with Crippen molar-refractivity contribution >= 4 is 17.6 Å². The van der Waals surface area contributed by atoms with Gasteiger partial charge < -0.3 is 14.8 Å². The molecule has 0 aliphatic heterocycles. The van der Waals surface area contributed by atoms with Crippen LogP contribution in [0.2, 0.25) is 0 Å². The van der Waals surface area contributed by atoms with Crippen molar-refractivity contribution in [3.05, 3.63) is 69.3 Å². The second-order valence-corrected chi connectivity index (χ2v) is 5.87. The van der Waals surface area contributed by atoms with E-state index in [0.717, 1.165) is 5.56 Å². The van der Waals surface area contributed by atoms with Crippen molar-refractivity contribution in [1.29, 1.82) is 0 Å². The number of hydrogen-bond donors (Lipinski definition) is 1. The van der Waals surface area contributed by atoms with Crippen molar-refractivity contribution < 1.29 is 24.0 Å². The van der Waals surface area contributed by atoms with Gasteiger partial charge in [-0.05, 0) is 43.7 Å². The highest BCUT2D eigenvalue weighted by Crippen LogP contribution is 2.19. The fraction of sp³-hybridized carbons (Fsp3) is 0.263. The van der Waals surface area contributed by atoms with Gasteiger partial charge in [0.25, 0.3) is 11.6 Å². The van der Waals surface area contributed by atoms with Crippen molar-refractivity contribution in [3.8, 4) is 5.75 Å². The van der Waals surface area contributed by atoms with E-state index >= 15 is 0 Å². The molecule has 0 unspecified atom stereocenters. The number of hydrogen-bond acceptors (Lipinski definition) is 6. The van der Waals surface area contributed by atoms with Crippen LogP contribution < -0.4 is 10.1 Å². The Balaban J connectivity index is 1.91. The van der Waals surface area contributed by atoms with Crippen LogP contribution in [0, 0.1) is 17.0 Å². The summed E-state index contributed by atoms with van der Waals surface area (Å²) in [5.41, 5.74) is 1.27. The van der Waals surface area contributed by atoms with Gasteiger partial charge in [0.15, 0.2) is 6.10 Å². The standard InChI is InChI=1S/C19H20N2O6/c1-12-10-15(6-9-17(12)21(24)25)19(23)27-13(2)18(22)20-11-14-4-7-16(26-3)8-5-14/h4-10,13H,11H2,1-3H3,(H,20,22)/t13-/m1/s1. The molecule has 142 valence electrons. The number of ether oxygens (including phenoxy) is 2. The molecule has 2 aromatic rings. The molecule has 0 spiro atoms. The number of carbonyl (C=O) groups excluding carboxylic acids is 2. The van der Waals surface area contributed by atoms with Gasteiger partial charge in [-0.2, -0.15) is 0 Å². The van der Waals surface area contributed by atoms with Gasteiger partial charge in [0.2, 0.25) is 0 Å². The number of esters is 1. The number of nitrogens with zero attached hydrogens (tertiary/aromatic N) is 1. The van der Waals surface area contributed by atoms with E-state index in [1.54, 1.807) is 19.2 Å². The summed E-state index contributed by atoms with van der Waals surface area (Å²) in [6.45, 7) is 3.26. The number of nitro benzene ring substituents is 1. The largest absolute Gasteiger partial charge is 0.497 e. The summed E-state index contributed by atoms with van der Waals surface area (Å²) in [6.07, 6.45) is -1.01. The lowest BCUT2D eigenvalue weighted by atomic mass is 10.1. The van der Waals surface area contributed by atoms with Gasteiger partial charge in [-0.25, -0.2) is 4.79 Å². The molecule has 0 saturated carbocycles. The first-order chi connectivity index (χ1) is 12.8. The molecular weight excluding hydrogens is 352 g/mol. The van der Waals surface area contributed by atoms with E-state index in [1.807, 2.05) is 12.1 Å². The molecule has 0 saturated heterocycles. The van der Waals surface area contributed by atoms with Gasteiger partial charge in [-0.1, -0.05) is 12.1 Å². The average Bonchev–Trinajstić information content (AvgIpc) is 2.65. The van der Waals surface area contributed by atoms with E-state index in [9.17, 15) is 19.7 Å². The van der Waals surface area contributed by atoms with Gasteiger partial charge in [-0.3, -0.25) is 14.9 Å². The monoisotopic (exact) mass is 372 g/mol. The van der Waals surface area contributed by atoms with E-state index in [-0.39, 0.29) is 17.8 Å². The van der Waals surface area contributed by atoms with Gasteiger partial charge in [0, 0.05) is 18.2 Å². The molecule has 0 aliphatic carbocycles. The zero-order valence-corrected chi connectivity index (χ0v) is 15.2. The Labute approximate surface area is 156 Å². The molecule has 2 rings (SSSR count). The van der Waals surface area contributed by atoms with Gasteiger partial charge in [0.05, 0.1) is 17.6 Å². The average molecular weight is 372 g/mol. The summed E-state index contributed by atoms with van der Waals surface area (Å²) in [6, 6.07) is 11.1. The van der Waals surface area contributed by atoms with Crippen molar-refractivity contribution in [2.75, 3.05) is 7.11 Å². The number of carbonyl (C=O) groups is 2. The summed E-state index contributed by atoms with van der Waals surface area (Å²) in [5, 5.41) is 13.5. The molecule has 0 radical (unpaired) electrons. The molecule has 1 atom stereocenters. The molecule has 1 amide bonds. The molecule has 2 aromatic carbocycles. The predicted octanol–water partition coefficient (Wildman–Crippen LogP) is 2.77. The maximum absolute atomic E-state index is 12.2. The SMILES string of the molecule is COc1ccc(CNC(=O)[C@@H](C)OC(=O)c2ccc([N+](=O)[O-])c(C)c2)cc1. The van der Waals surface area contributed by atoms with E-state index in [1.165, 1.54) is 32.0 Å². The maximum atomic E-state index is 12.2. The fourth-order valence-electron chi connectivity index (χ4n) is 2.35. The number of nitrogens with one attached hydrogen (secondary N) is 1. The van der Waals surface area contributed by atoms with Crippen LogP contribution in [0.5, 0.6) is 5.75 Å². The quantitative estimate of drug-likeness (QED) is 0.455. The topological polar surface area (TPSA) is 108 Å². The third kappa shape index (κ3) is 5.27. The van der Waals surface area contributed by atoms with Crippen LogP contribution in [0.3, 0.4) is 0 Å². The third-order valence-corrected chi connectivity index (χ3v) is 3.91. The van der Waals surface area contributed by atoms with E-state index in [0.29, 0.717) is 11.3 Å². The Morgan fingerprint density at radius 2 is 1.85 bits per heavy atom. The highest BCUT2D eigenvalue weighted by molar-refractivity contribution is 5.92. The van der Waals surface area contributed by atoms with Crippen molar-refractivity contribution in [2.24, 2.45) is 0 Å². The van der Waals surface area contributed by atoms with Crippen LogP contribution in [0.15, 0.2) is 42.5 Å². The Morgan fingerprint density at radius 3 is 2.41 bits per heavy atom. The first-order valence-corrected chi connectivity index (χ1v) is 8.18. The second kappa shape index (κ2) is 8.79. The van der Waals surface area contributed by atoms with Crippen LogP contribution in [-0.4, -0.2) is 30.0 Å². The molecule has 0 fully saturated rings. The third-order valence-electron chi connectivity index (χ3n) is 3.91. The predicted molar refractivity (Wildman–Crippen MR) is 97.6 cm³/mol. The van der Waals surface area contributed by atoms with E-state index < -0.39 is 22.9 Å². The number of benzene rings is 2. The van der Waals surface area contributed by atoms with Crippen LogP contribution >= 0.6 is 0 Å². The molecular formula is C19H20N2O6. The van der Waals surface area contributed by atoms with Gasteiger partial charge in [-0.15, -0.1) is 0 Å². The minimum absolute atomic E-state index is 0.0863. The Hall–Kier alpha value is -3.42. The molecule has 8 heteroatoms. The normalized spacial score (nSPS) is 11.4. The zero-order chi connectivity index (χ0) is 20.0. The first kappa shape index (κ1) is 19.9. The minimum atomic E-state index is -1.01. The zero-order valence-electron chi connectivity index (χ0n) is 15.2. The molecule has 0 aromatic heterocycles. The number of methoxy groups -OCH3 is 1. The lowest BCUT2D eigenvalue weighted by Crippen LogP contribution is -2.35. The Bertz CT molecular complexity index is 848. The highest BCUT2D eigenvalue weighted by atomic mass is 16.6. The Kier molecular flexibility index (Phi) is 6.48. The number of nitro groups is 1. The summed E-state index contributed by atoms with van der Waals surface area (Å²) >= 11 is 0. The van der Waals surface area contributed by atoms with Crippen molar-refractivity contribution in [3.63, 3.8) is 0 Å². The lowest BCUT2D eigenvalue weighted by Gasteiger charge is -2.14. The fourth-order valence-corrected chi connectivity index (χ4v) is 2.35. The molecule has 0 heterocycles. The number of rotatable bonds is 7. The molecule has 8 nitrogen and oxygen atoms in total. The Morgan fingerprint density at radius 1 is 1.19 bits per heavy atom. The van der Waals surface area contributed by atoms with Crippen LogP contribution in [0.4, 0.5) is 5.69 Å². The molecule has 27 heavy (non-hydrogen) atoms. The highest BCUT2D eigenvalue weighted by Gasteiger charge is 2.20. The van der Waals surface area contributed by atoms with E-state index in [2.05, 4.69) is 5.32 Å². The molecule has 0 aliphatic rings.